The molecule has 2 aromatic heterocycles. The molecule has 0 spiro atoms. The second kappa shape index (κ2) is 6.81. The summed E-state index contributed by atoms with van der Waals surface area (Å²) in [7, 11) is -2.40. The topological polar surface area (TPSA) is 114 Å². The Labute approximate surface area is 174 Å². The Balaban J connectivity index is 2.04. The average Bonchev–Trinajstić information content (AvgIpc) is 2.96. The lowest BCUT2D eigenvalue weighted by Gasteiger charge is -2.25. The molecule has 0 radical (unpaired) electrons. The lowest BCUT2D eigenvalue weighted by Crippen LogP contribution is -2.37. The standard InChI is InChI=1S/C18H16ClFN4O5S/c1-22-5-6-23-13-12(15(25)14(23)18(22)27)17(26)24(21-16(13)30(2,28)29)8-9-3-4-11(20)10(19)7-9/h3-4,7,25H,5-6,8H2,1-2H3. The van der Waals surface area contributed by atoms with Crippen molar-refractivity contribution in [1.29, 1.82) is 0 Å². The van der Waals surface area contributed by atoms with Crippen molar-refractivity contribution in [2.45, 2.75) is 18.1 Å². The zero-order chi connectivity index (χ0) is 22.0. The molecule has 0 fully saturated rings. The molecule has 3 aromatic rings. The van der Waals surface area contributed by atoms with Gasteiger partial charge in [-0.25, -0.2) is 17.5 Å². The molecule has 3 heterocycles. The van der Waals surface area contributed by atoms with Gasteiger partial charge in [0.1, 0.15) is 11.2 Å². The number of rotatable bonds is 3. The molecule has 158 valence electrons. The van der Waals surface area contributed by atoms with Gasteiger partial charge in [0.05, 0.1) is 17.1 Å². The Morgan fingerprint density at radius 2 is 1.97 bits per heavy atom. The summed E-state index contributed by atoms with van der Waals surface area (Å²) in [5.74, 6) is -1.77. The van der Waals surface area contributed by atoms with Crippen molar-refractivity contribution < 1.29 is 22.7 Å². The molecule has 1 aromatic carbocycles. The minimum Gasteiger partial charge on any atom is -0.505 e. The van der Waals surface area contributed by atoms with E-state index in [9.17, 15) is 27.5 Å². The molecular formula is C18H16ClFN4O5S. The minimum absolute atomic E-state index is 0.107. The van der Waals surface area contributed by atoms with Crippen molar-refractivity contribution in [1.82, 2.24) is 19.2 Å². The number of hydrogen-bond donors (Lipinski definition) is 1. The first-order valence-electron chi connectivity index (χ1n) is 8.76. The Morgan fingerprint density at radius 1 is 1.27 bits per heavy atom. The van der Waals surface area contributed by atoms with E-state index in [1.165, 1.54) is 28.6 Å². The van der Waals surface area contributed by atoms with Gasteiger partial charge in [-0.15, -0.1) is 0 Å². The van der Waals surface area contributed by atoms with E-state index >= 15 is 0 Å². The predicted molar refractivity (Wildman–Crippen MR) is 106 cm³/mol. The average molecular weight is 455 g/mol. The first-order valence-corrected chi connectivity index (χ1v) is 11.0. The fraction of sp³-hybridized carbons (Fsp3) is 0.278. The van der Waals surface area contributed by atoms with E-state index in [-0.39, 0.29) is 41.3 Å². The van der Waals surface area contributed by atoms with Crippen LogP contribution in [0.3, 0.4) is 0 Å². The summed E-state index contributed by atoms with van der Waals surface area (Å²) < 4.78 is 40.5. The summed E-state index contributed by atoms with van der Waals surface area (Å²) in [6.07, 6.45) is 0.923. The molecule has 0 bridgehead atoms. The highest BCUT2D eigenvalue weighted by molar-refractivity contribution is 7.90. The third-order valence-electron chi connectivity index (χ3n) is 4.98. The van der Waals surface area contributed by atoms with Gasteiger partial charge in [0.25, 0.3) is 11.5 Å². The summed E-state index contributed by atoms with van der Waals surface area (Å²) in [5.41, 5.74) is -0.656. The van der Waals surface area contributed by atoms with Crippen LogP contribution >= 0.6 is 11.6 Å². The Kier molecular flexibility index (Phi) is 4.62. The Morgan fingerprint density at radius 3 is 2.60 bits per heavy atom. The van der Waals surface area contributed by atoms with Crippen LogP contribution < -0.4 is 5.56 Å². The number of carbonyl (C=O) groups excluding carboxylic acids is 1. The van der Waals surface area contributed by atoms with Crippen molar-refractivity contribution in [2.75, 3.05) is 19.8 Å². The molecule has 0 unspecified atom stereocenters. The molecule has 1 aliphatic rings. The summed E-state index contributed by atoms with van der Waals surface area (Å²) in [6, 6.07) is 3.78. The van der Waals surface area contributed by atoms with E-state index in [0.717, 1.165) is 17.0 Å². The third kappa shape index (κ3) is 3.05. The number of halogens is 2. The summed E-state index contributed by atoms with van der Waals surface area (Å²) in [5, 5.41) is 13.8. The zero-order valence-electron chi connectivity index (χ0n) is 15.9. The molecule has 1 N–H and O–H groups in total. The van der Waals surface area contributed by atoms with Gasteiger partial charge >= 0.3 is 0 Å². The number of likely N-dealkylation sites (N-methyl/N-ethyl adjacent to an activating group) is 1. The SMILES string of the molecule is CN1CCn2c(c(O)c3c(=O)n(Cc4ccc(F)c(Cl)c4)nc(S(C)(=O)=O)c32)C1=O. The molecule has 1 amide bonds. The summed E-state index contributed by atoms with van der Waals surface area (Å²) in [6.45, 7) is 0.246. The molecule has 4 rings (SSSR count). The van der Waals surface area contributed by atoms with Crippen LogP contribution in [0.15, 0.2) is 28.0 Å². The van der Waals surface area contributed by atoms with Crippen LogP contribution in [0, 0.1) is 5.82 Å². The van der Waals surface area contributed by atoms with Gasteiger partial charge in [-0.05, 0) is 17.7 Å². The molecule has 1 aliphatic heterocycles. The van der Waals surface area contributed by atoms with Crippen molar-refractivity contribution in [3.63, 3.8) is 0 Å². The number of benzene rings is 1. The van der Waals surface area contributed by atoms with Gasteiger partial charge in [-0.2, -0.15) is 5.10 Å². The number of nitrogens with zero attached hydrogens (tertiary/aromatic N) is 4. The highest BCUT2D eigenvalue weighted by Crippen LogP contribution is 2.35. The van der Waals surface area contributed by atoms with Crippen molar-refractivity contribution in [3.05, 3.63) is 50.7 Å². The number of amides is 1. The molecule has 0 atom stereocenters. The molecule has 0 saturated carbocycles. The van der Waals surface area contributed by atoms with Crippen LogP contribution in [0.1, 0.15) is 16.1 Å². The fourth-order valence-corrected chi connectivity index (χ4v) is 4.52. The monoisotopic (exact) mass is 454 g/mol. The summed E-state index contributed by atoms with van der Waals surface area (Å²) in [4.78, 5) is 27.0. The molecule has 0 saturated heterocycles. The van der Waals surface area contributed by atoms with E-state index in [4.69, 9.17) is 11.6 Å². The summed E-state index contributed by atoms with van der Waals surface area (Å²) >= 11 is 5.78. The molecular weight excluding hydrogens is 439 g/mol. The number of carbonyl (C=O) groups is 1. The van der Waals surface area contributed by atoms with E-state index in [1.807, 2.05) is 0 Å². The van der Waals surface area contributed by atoms with Crippen molar-refractivity contribution >= 4 is 38.2 Å². The maximum atomic E-state index is 13.4. The van der Waals surface area contributed by atoms with Crippen LogP contribution in [0.2, 0.25) is 5.02 Å². The van der Waals surface area contributed by atoms with Crippen LogP contribution in [0.5, 0.6) is 5.75 Å². The van der Waals surface area contributed by atoms with Crippen LogP contribution in [0.25, 0.3) is 10.9 Å². The van der Waals surface area contributed by atoms with Crippen molar-refractivity contribution in [2.24, 2.45) is 0 Å². The van der Waals surface area contributed by atoms with E-state index in [1.54, 1.807) is 0 Å². The van der Waals surface area contributed by atoms with E-state index in [2.05, 4.69) is 5.10 Å². The number of sulfone groups is 1. The van der Waals surface area contributed by atoms with Gasteiger partial charge in [-0.3, -0.25) is 9.59 Å². The number of aromatic hydroxyl groups is 1. The van der Waals surface area contributed by atoms with Gasteiger partial charge in [-0.1, -0.05) is 17.7 Å². The fourth-order valence-electron chi connectivity index (χ4n) is 3.50. The maximum Gasteiger partial charge on any atom is 0.280 e. The predicted octanol–water partition coefficient (Wildman–Crippen LogP) is 1.23. The van der Waals surface area contributed by atoms with Crippen LogP contribution in [-0.4, -0.2) is 58.5 Å². The minimum atomic E-state index is -3.94. The molecule has 9 nitrogen and oxygen atoms in total. The second-order valence-electron chi connectivity index (χ2n) is 7.09. The maximum absolute atomic E-state index is 13.4. The highest BCUT2D eigenvalue weighted by atomic mass is 35.5. The van der Waals surface area contributed by atoms with Crippen LogP contribution in [0.4, 0.5) is 4.39 Å². The molecule has 12 heteroatoms. The molecule has 30 heavy (non-hydrogen) atoms. The van der Waals surface area contributed by atoms with Gasteiger partial charge in [0.15, 0.2) is 26.3 Å². The third-order valence-corrected chi connectivity index (χ3v) is 6.24. The number of aromatic nitrogens is 3. The molecule has 0 aliphatic carbocycles. The van der Waals surface area contributed by atoms with E-state index in [0.29, 0.717) is 5.56 Å². The highest BCUT2D eigenvalue weighted by Gasteiger charge is 2.34. The smallest absolute Gasteiger partial charge is 0.280 e. The normalized spacial score (nSPS) is 14.4. The largest absolute Gasteiger partial charge is 0.505 e. The zero-order valence-corrected chi connectivity index (χ0v) is 17.5. The number of fused-ring (bicyclic) bond motifs is 3. The Bertz CT molecular complexity index is 1400. The first-order chi connectivity index (χ1) is 14.0. The van der Waals surface area contributed by atoms with Gasteiger partial charge in [0.2, 0.25) is 0 Å². The lowest BCUT2D eigenvalue weighted by molar-refractivity contribution is 0.0747. The lowest BCUT2D eigenvalue weighted by atomic mass is 10.2. The van der Waals surface area contributed by atoms with Gasteiger partial charge in [0, 0.05) is 26.4 Å². The first kappa shape index (κ1) is 20.4. The quantitative estimate of drug-likeness (QED) is 0.636. The van der Waals surface area contributed by atoms with Crippen molar-refractivity contribution in [3.8, 4) is 5.75 Å². The Hall–Kier alpha value is -2.92. The van der Waals surface area contributed by atoms with E-state index < -0.39 is 37.9 Å². The van der Waals surface area contributed by atoms with Gasteiger partial charge < -0.3 is 14.6 Å². The second-order valence-corrected chi connectivity index (χ2v) is 9.43. The van der Waals surface area contributed by atoms with Crippen LogP contribution in [-0.2, 0) is 22.9 Å². The number of hydrogen-bond acceptors (Lipinski definition) is 6.